The van der Waals surface area contributed by atoms with Crippen molar-refractivity contribution in [3.8, 4) is 0 Å². The van der Waals surface area contributed by atoms with E-state index in [1.54, 1.807) is 0 Å². The molecule has 6 rings (SSSR count). The van der Waals surface area contributed by atoms with Gasteiger partial charge in [-0.15, -0.1) is 0 Å². The molecule has 0 saturated carbocycles. The fourth-order valence-corrected chi connectivity index (χ4v) is 9.44. The monoisotopic (exact) mass is 1070 g/mol. The van der Waals surface area contributed by atoms with Gasteiger partial charge in [-0.05, 0) is 0 Å². The van der Waals surface area contributed by atoms with Gasteiger partial charge in [-0.2, -0.15) is 0 Å². The molecule has 0 aliphatic carbocycles. The highest BCUT2D eigenvalue weighted by Crippen LogP contribution is 2.38. The van der Waals surface area contributed by atoms with Gasteiger partial charge in [0.05, 0.1) is 39.6 Å². The number of aliphatic hydroxyl groups excluding tert-OH is 15. The third-order valence-electron chi connectivity index (χ3n) is 13.3. The van der Waals surface area contributed by atoms with E-state index in [-0.39, 0.29) is 0 Å². The number of amides is 2. The van der Waals surface area contributed by atoms with Crippen LogP contribution in [0.25, 0.3) is 0 Å². The quantitative estimate of drug-likeness (QED) is 0.0571. The molecule has 0 bridgehead atoms. The Balaban J connectivity index is 1.38. The minimum Gasteiger partial charge on any atom is -0.394 e. The van der Waals surface area contributed by atoms with Crippen molar-refractivity contribution in [1.82, 2.24) is 10.6 Å². The van der Waals surface area contributed by atoms with Gasteiger partial charge in [0.2, 0.25) is 11.8 Å². The van der Waals surface area contributed by atoms with Crippen LogP contribution in [0.1, 0.15) is 13.8 Å². The van der Waals surface area contributed by atoms with Gasteiger partial charge in [0.25, 0.3) is 0 Å². The largest absolute Gasteiger partial charge is 0.394 e. The molecule has 6 aliphatic heterocycles. The maximum absolute atomic E-state index is 12.7. The Bertz CT molecular complexity index is 1730. The van der Waals surface area contributed by atoms with Crippen LogP contribution in [0.4, 0.5) is 0 Å². The fourth-order valence-electron chi connectivity index (χ4n) is 9.44. The molecular weight excluding hydrogens is 1000 g/mol. The van der Waals surface area contributed by atoms with Gasteiger partial charge < -0.3 is 149 Å². The molecule has 0 unspecified atom stereocenters. The topological polar surface area (TPSA) is 482 Å². The number of rotatable bonds is 19. The predicted molar refractivity (Wildman–Crippen MR) is 226 cm³/mol. The maximum Gasteiger partial charge on any atom is 0.217 e. The molecule has 32 heteroatoms. The van der Waals surface area contributed by atoms with Crippen molar-refractivity contribution in [2.75, 3.05) is 53.9 Å². The summed E-state index contributed by atoms with van der Waals surface area (Å²) in [7, 11) is 2.26. The zero-order chi connectivity index (χ0) is 53.7. The molecule has 29 atom stereocenters. The summed E-state index contributed by atoms with van der Waals surface area (Å²) in [5.41, 5.74) is 0. The van der Waals surface area contributed by atoms with Crippen LogP contribution in [0.3, 0.4) is 0 Å². The molecule has 0 radical (unpaired) electrons. The summed E-state index contributed by atoms with van der Waals surface area (Å²) in [6.45, 7) is -2.98. The van der Waals surface area contributed by atoms with Crippen LogP contribution < -0.4 is 10.6 Å². The van der Waals surface area contributed by atoms with Crippen molar-refractivity contribution in [1.29, 1.82) is 0 Å². The number of methoxy groups -OCH3 is 2. The number of carbonyl (C=O) groups excluding carboxylic acids is 2. The first kappa shape index (κ1) is 60.1. The van der Waals surface area contributed by atoms with Crippen LogP contribution in [-0.2, 0) is 71.2 Å². The highest BCUT2D eigenvalue weighted by Gasteiger charge is 2.58. The van der Waals surface area contributed by atoms with E-state index in [9.17, 15) is 86.2 Å². The van der Waals surface area contributed by atoms with E-state index >= 15 is 0 Å². The lowest BCUT2D eigenvalue weighted by atomic mass is 9.93. The van der Waals surface area contributed by atoms with E-state index in [4.69, 9.17) is 61.6 Å². The van der Waals surface area contributed by atoms with E-state index in [1.807, 2.05) is 0 Å². The smallest absolute Gasteiger partial charge is 0.217 e. The first-order valence-electron chi connectivity index (χ1n) is 23.3. The highest BCUT2D eigenvalue weighted by atomic mass is 16.8. The van der Waals surface area contributed by atoms with Gasteiger partial charge in [-0.1, -0.05) is 0 Å². The van der Waals surface area contributed by atoms with Crippen LogP contribution in [0.2, 0.25) is 0 Å². The zero-order valence-electron chi connectivity index (χ0n) is 39.8. The summed E-state index contributed by atoms with van der Waals surface area (Å²) < 4.78 is 75.3. The Morgan fingerprint density at radius 1 is 0.438 bits per heavy atom. The van der Waals surface area contributed by atoms with Crippen LogP contribution >= 0.6 is 0 Å². The summed E-state index contributed by atoms with van der Waals surface area (Å²) >= 11 is 0. The van der Waals surface area contributed by atoms with E-state index in [0.29, 0.717) is 0 Å². The summed E-state index contributed by atoms with van der Waals surface area (Å²) in [5.74, 6) is -1.54. The molecule has 6 heterocycles. The lowest BCUT2D eigenvalue weighted by molar-refractivity contribution is -0.404. The molecule has 17 N–H and O–H groups in total. The average molecular weight is 1070 g/mol. The molecule has 32 nitrogen and oxygen atoms in total. The minimum atomic E-state index is -2.14. The van der Waals surface area contributed by atoms with Crippen molar-refractivity contribution in [2.45, 2.75) is 192 Å². The van der Waals surface area contributed by atoms with Crippen LogP contribution in [0.5, 0.6) is 0 Å². The number of carbonyl (C=O) groups is 2. The number of hydrogen-bond acceptors (Lipinski definition) is 30. The molecular formula is C41H70N2O30. The van der Waals surface area contributed by atoms with Gasteiger partial charge in [0.15, 0.2) is 37.7 Å². The fraction of sp³-hybridized carbons (Fsp3) is 0.951. The van der Waals surface area contributed by atoms with Crippen molar-refractivity contribution in [3.63, 3.8) is 0 Å². The van der Waals surface area contributed by atoms with Crippen molar-refractivity contribution in [3.05, 3.63) is 0 Å². The lowest BCUT2D eigenvalue weighted by Crippen LogP contribution is -2.71. The second kappa shape index (κ2) is 26.4. The Kier molecular flexibility index (Phi) is 21.8. The minimum absolute atomic E-state index is 0.651. The van der Waals surface area contributed by atoms with E-state index < -0.39 is 229 Å². The molecule has 6 saturated heterocycles. The summed E-state index contributed by atoms with van der Waals surface area (Å²) in [6.07, 6.45) is -48.5. The van der Waals surface area contributed by atoms with Gasteiger partial charge in [0.1, 0.15) is 140 Å². The first-order chi connectivity index (χ1) is 34.6. The standard InChI is InChI=1S/C41H70N2O30/c1-11(48)42-19-25(55)30(16(7-46)65-36(19)60)70-37-20(43-12(2)49)26(56)31(17(8-47)68-37)71-41-35(73-38-27(57)21(51)13(50)9-63-38)34(72-40-29(59)33(62-4)23(53)15(6-45)67-40)24(54)18(69-41)10-64-39-28(58)32(61-3)22(52)14(5-44)66-39/h13-41,44-47,50-60H,5-10H2,1-4H3,(H,42,48)(H,43,49)/t13-,14-,15-,16-,17-,18-,19-,20-,21+,22-,23-,24-,25-,26-,27-,28+,29+,30-,31-,32+,33+,34+,35+,36-,37+,38+,39+,40-,41+/m1/s1. The molecule has 73 heavy (non-hydrogen) atoms. The molecule has 6 fully saturated rings. The molecule has 2 amide bonds. The third kappa shape index (κ3) is 13.2. The normalized spacial score (nSPS) is 48.7. The average Bonchev–Trinajstić information content (AvgIpc) is 3.35. The zero-order valence-corrected chi connectivity index (χ0v) is 39.8. The molecule has 0 aromatic carbocycles. The Labute approximate surface area is 415 Å². The van der Waals surface area contributed by atoms with Crippen LogP contribution in [0.15, 0.2) is 0 Å². The van der Waals surface area contributed by atoms with Crippen molar-refractivity contribution in [2.24, 2.45) is 0 Å². The second-order valence-electron chi connectivity index (χ2n) is 18.2. The summed E-state index contributed by atoms with van der Waals surface area (Å²) in [4.78, 5) is 24.7. The maximum atomic E-state index is 12.7. The van der Waals surface area contributed by atoms with E-state index in [2.05, 4.69) is 10.6 Å². The molecule has 0 aromatic rings. The Morgan fingerprint density at radius 2 is 0.877 bits per heavy atom. The number of aliphatic hydroxyl groups is 15. The second-order valence-corrected chi connectivity index (χ2v) is 18.2. The Hall–Kier alpha value is -2.18. The number of nitrogens with one attached hydrogen (secondary N) is 2. The van der Waals surface area contributed by atoms with Crippen molar-refractivity contribution < 1.29 is 148 Å². The third-order valence-corrected chi connectivity index (χ3v) is 13.3. The van der Waals surface area contributed by atoms with E-state index in [1.165, 1.54) is 0 Å². The van der Waals surface area contributed by atoms with Crippen molar-refractivity contribution >= 4 is 11.8 Å². The van der Waals surface area contributed by atoms with Crippen LogP contribution in [0, 0.1) is 0 Å². The Morgan fingerprint density at radius 3 is 1.42 bits per heavy atom. The van der Waals surface area contributed by atoms with Gasteiger partial charge in [0, 0.05) is 28.1 Å². The number of hydrogen-bond donors (Lipinski definition) is 17. The SMILES string of the molecule is CO[C@@H]1[C@H](O)[C@@H](OC[C@H]2O[C@@H](O[C@H]3[C@H](O)[C@@H](NC(C)=O)[C@H](O[C@H]4[C@H](O)[C@@H](NC(C)=O)[C@H](O)O[C@@H]4CO)O[C@@H]3CO)[C@@H](O[C@@H]3OC[C@@H](O)[C@H](O)[C@H]3O)[C@@H](O[C@H]3O[C@H](CO)[C@@H](O)[C@H](OC)[C@@H]3O)[C@@H]2O)O[C@H](CO)[C@H]1O. The molecule has 424 valence electrons. The van der Waals surface area contributed by atoms with Gasteiger partial charge in [-0.25, -0.2) is 0 Å². The van der Waals surface area contributed by atoms with Gasteiger partial charge >= 0.3 is 0 Å². The first-order valence-corrected chi connectivity index (χ1v) is 23.3. The molecule has 6 aliphatic rings. The molecule has 0 spiro atoms. The number of ether oxygens (including phenoxy) is 13. The molecule has 0 aromatic heterocycles. The van der Waals surface area contributed by atoms with E-state index in [0.717, 1.165) is 28.1 Å². The van der Waals surface area contributed by atoms with Gasteiger partial charge in [-0.3, -0.25) is 9.59 Å². The highest BCUT2D eigenvalue weighted by molar-refractivity contribution is 5.73. The van der Waals surface area contributed by atoms with Crippen LogP contribution in [-0.4, -0.2) is 320 Å². The summed E-state index contributed by atoms with van der Waals surface area (Å²) in [6, 6.07) is -3.30. The summed E-state index contributed by atoms with van der Waals surface area (Å²) in [5, 5.41) is 168. The predicted octanol–water partition coefficient (Wildman–Crippen LogP) is -11.9. The lowest BCUT2D eigenvalue weighted by Gasteiger charge is -2.51.